The highest BCUT2D eigenvalue weighted by Crippen LogP contribution is 2.24. The molecule has 0 bridgehead atoms. The molecule has 7 nitrogen and oxygen atoms in total. The van der Waals surface area contributed by atoms with Gasteiger partial charge in [0, 0.05) is 0 Å². The van der Waals surface area contributed by atoms with Crippen molar-refractivity contribution in [2.75, 3.05) is 23.5 Å². The average molecular weight is 400 g/mol. The zero-order valence-electron chi connectivity index (χ0n) is 14.3. The van der Waals surface area contributed by atoms with Crippen molar-refractivity contribution in [1.29, 1.82) is 0 Å². The van der Waals surface area contributed by atoms with Gasteiger partial charge in [-0.1, -0.05) is 30.0 Å². The quantitative estimate of drug-likeness (QED) is 0.590. The summed E-state index contributed by atoms with van der Waals surface area (Å²) in [7, 11) is 1.55. The zero-order valence-corrected chi connectivity index (χ0v) is 16.0. The highest BCUT2D eigenvalue weighted by atomic mass is 32.2. The summed E-state index contributed by atoms with van der Waals surface area (Å²) in [5.74, 6) is 0.725. The van der Waals surface area contributed by atoms with E-state index in [1.165, 1.54) is 23.1 Å². The molecule has 3 rings (SSSR count). The van der Waals surface area contributed by atoms with Gasteiger partial charge in [0.25, 0.3) is 5.91 Å². The van der Waals surface area contributed by atoms with E-state index in [9.17, 15) is 9.59 Å². The van der Waals surface area contributed by atoms with Gasteiger partial charge in [0.05, 0.1) is 23.4 Å². The Labute approximate surface area is 164 Å². The van der Waals surface area contributed by atoms with E-state index in [0.717, 1.165) is 0 Å². The third kappa shape index (κ3) is 5.28. The molecule has 0 aliphatic carbocycles. The van der Waals surface area contributed by atoms with Crippen LogP contribution < -0.4 is 15.4 Å². The number of aromatic nitrogens is 2. The van der Waals surface area contributed by atoms with E-state index in [4.69, 9.17) is 4.74 Å². The lowest BCUT2D eigenvalue weighted by molar-refractivity contribution is -0.113. The van der Waals surface area contributed by atoms with E-state index in [1.807, 2.05) is 17.5 Å². The van der Waals surface area contributed by atoms with Crippen molar-refractivity contribution >= 4 is 46.4 Å². The minimum atomic E-state index is -0.226. The molecule has 0 fully saturated rings. The molecule has 2 amide bonds. The number of amides is 2. The number of thiophene rings is 1. The smallest absolute Gasteiger partial charge is 0.266 e. The standard InChI is InChI=1S/C18H16N4O3S2/c1-25-13-6-3-2-5-12(13)19-16(23)11-27-17-9-8-15(21-22-17)20-18(24)14-7-4-10-26-14/h2-10H,11H2,1H3,(H,19,23)(H,20,21,24). The predicted octanol–water partition coefficient (Wildman–Crippen LogP) is 3.53. The molecule has 9 heteroatoms. The van der Waals surface area contributed by atoms with Crippen molar-refractivity contribution in [3.05, 3.63) is 58.8 Å². The molecule has 0 unspecified atom stereocenters. The first-order valence-electron chi connectivity index (χ1n) is 7.90. The number of nitrogens with one attached hydrogen (secondary N) is 2. The Hall–Kier alpha value is -2.91. The summed E-state index contributed by atoms with van der Waals surface area (Å²) in [5.41, 5.74) is 0.614. The van der Waals surface area contributed by atoms with Crippen LogP contribution in [0.15, 0.2) is 58.9 Å². The molecule has 0 aliphatic heterocycles. The number of carbonyl (C=O) groups is 2. The van der Waals surface area contributed by atoms with Gasteiger partial charge in [0.1, 0.15) is 10.8 Å². The summed E-state index contributed by atoms with van der Waals surface area (Å²) < 4.78 is 5.20. The Morgan fingerprint density at radius 3 is 2.63 bits per heavy atom. The number of rotatable bonds is 7. The molecule has 0 radical (unpaired) electrons. The van der Waals surface area contributed by atoms with Crippen LogP contribution in [0.2, 0.25) is 0 Å². The number of thioether (sulfide) groups is 1. The Morgan fingerprint density at radius 1 is 1.07 bits per heavy atom. The molecule has 138 valence electrons. The fourth-order valence-electron chi connectivity index (χ4n) is 2.12. The van der Waals surface area contributed by atoms with Gasteiger partial charge in [-0.15, -0.1) is 21.5 Å². The monoisotopic (exact) mass is 400 g/mol. The van der Waals surface area contributed by atoms with E-state index >= 15 is 0 Å². The largest absolute Gasteiger partial charge is 0.495 e. The molecule has 0 saturated heterocycles. The highest BCUT2D eigenvalue weighted by molar-refractivity contribution is 7.99. The van der Waals surface area contributed by atoms with Crippen LogP contribution in [0.25, 0.3) is 0 Å². The third-order valence-electron chi connectivity index (χ3n) is 3.36. The number of carbonyl (C=O) groups excluding carboxylic acids is 2. The lowest BCUT2D eigenvalue weighted by atomic mass is 10.3. The molecule has 2 heterocycles. The van der Waals surface area contributed by atoms with Gasteiger partial charge < -0.3 is 15.4 Å². The summed E-state index contributed by atoms with van der Waals surface area (Å²) in [6.45, 7) is 0. The van der Waals surface area contributed by atoms with Crippen LogP contribution in [0, 0.1) is 0 Å². The molecular formula is C18H16N4O3S2. The third-order valence-corrected chi connectivity index (χ3v) is 5.15. The Bertz CT molecular complexity index is 915. The van der Waals surface area contributed by atoms with Crippen LogP contribution >= 0.6 is 23.1 Å². The summed E-state index contributed by atoms with van der Waals surface area (Å²) in [4.78, 5) is 24.7. The number of ether oxygens (including phenoxy) is 1. The second kappa shape index (κ2) is 9.15. The van der Waals surface area contributed by atoms with E-state index in [0.29, 0.717) is 27.2 Å². The Kier molecular flexibility index (Phi) is 6.39. The van der Waals surface area contributed by atoms with Crippen molar-refractivity contribution < 1.29 is 14.3 Å². The molecule has 0 atom stereocenters. The summed E-state index contributed by atoms with van der Waals surface area (Å²) in [5, 5.41) is 15.9. The zero-order chi connectivity index (χ0) is 19.1. The number of hydrogen-bond donors (Lipinski definition) is 2. The second-order valence-corrected chi connectivity index (χ2v) is 7.17. The van der Waals surface area contributed by atoms with Crippen molar-refractivity contribution in [3.8, 4) is 5.75 Å². The van der Waals surface area contributed by atoms with E-state index in [1.54, 1.807) is 43.5 Å². The van der Waals surface area contributed by atoms with Crippen LogP contribution in [0.1, 0.15) is 9.67 Å². The van der Waals surface area contributed by atoms with Crippen molar-refractivity contribution in [1.82, 2.24) is 10.2 Å². The number of methoxy groups -OCH3 is 1. The van der Waals surface area contributed by atoms with Gasteiger partial charge in [0.15, 0.2) is 5.82 Å². The van der Waals surface area contributed by atoms with Gasteiger partial charge in [-0.3, -0.25) is 9.59 Å². The van der Waals surface area contributed by atoms with Crippen molar-refractivity contribution in [3.63, 3.8) is 0 Å². The SMILES string of the molecule is COc1ccccc1NC(=O)CSc1ccc(NC(=O)c2cccs2)nn1. The Balaban J connectivity index is 1.51. The van der Waals surface area contributed by atoms with Gasteiger partial charge in [-0.2, -0.15) is 0 Å². The number of nitrogens with zero attached hydrogens (tertiary/aromatic N) is 2. The molecule has 2 N–H and O–H groups in total. The number of hydrogen-bond acceptors (Lipinski definition) is 7. The lowest BCUT2D eigenvalue weighted by Gasteiger charge is -2.09. The lowest BCUT2D eigenvalue weighted by Crippen LogP contribution is -2.15. The van der Waals surface area contributed by atoms with Crippen LogP contribution in [0.4, 0.5) is 11.5 Å². The van der Waals surface area contributed by atoms with Crippen molar-refractivity contribution in [2.45, 2.75) is 5.03 Å². The fourth-order valence-corrected chi connectivity index (χ4v) is 3.36. The normalized spacial score (nSPS) is 10.3. The maximum absolute atomic E-state index is 12.1. The molecule has 0 aliphatic rings. The van der Waals surface area contributed by atoms with Crippen LogP contribution in [0.3, 0.4) is 0 Å². The van der Waals surface area contributed by atoms with E-state index < -0.39 is 0 Å². The minimum Gasteiger partial charge on any atom is -0.495 e. The Morgan fingerprint density at radius 2 is 1.93 bits per heavy atom. The first-order valence-corrected chi connectivity index (χ1v) is 9.76. The van der Waals surface area contributed by atoms with Gasteiger partial charge >= 0.3 is 0 Å². The minimum absolute atomic E-state index is 0.174. The molecular weight excluding hydrogens is 384 g/mol. The van der Waals surface area contributed by atoms with Gasteiger partial charge in [-0.25, -0.2) is 0 Å². The molecule has 0 saturated carbocycles. The molecule has 3 aromatic rings. The van der Waals surface area contributed by atoms with Crippen LogP contribution in [-0.4, -0.2) is 34.9 Å². The number of para-hydroxylation sites is 2. The first kappa shape index (κ1) is 18.9. The van der Waals surface area contributed by atoms with Gasteiger partial charge in [0.2, 0.25) is 5.91 Å². The predicted molar refractivity (Wildman–Crippen MR) is 107 cm³/mol. The maximum Gasteiger partial charge on any atom is 0.266 e. The fraction of sp³-hybridized carbons (Fsp3) is 0.111. The number of benzene rings is 1. The molecule has 0 spiro atoms. The average Bonchev–Trinajstić information content (AvgIpc) is 3.23. The summed E-state index contributed by atoms with van der Waals surface area (Å²) in [6.07, 6.45) is 0. The summed E-state index contributed by atoms with van der Waals surface area (Å²) >= 11 is 2.60. The van der Waals surface area contributed by atoms with Crippen molar-refractivity contribution in [2.24, 2.45) is 0 Å². The first-order chi connectivity index (χ1) is 13.2. The van der Waals surface area contributed by atoms with E-state index in [-0.39, 0.29) is 17.6 Å². The maximum atomic E-state index is 12.1. The number of anilines is 2. The van der Waals surface area contributed by atoms with Crippen LogP contribution in [-0.2, 0) is 4.79 Å². The second-order valence-electron chi connectivity index (χ2n) is 5.23. The highest BCUT2D eigenvalue weighted by Gasteiger charge is 2.10. The molecule has 1 aromatic carbocycles. The van der Waals surface area contributed by atoms with E-state index in [2.05, 4.69) is 20.8 Å². The summed E-state index contributed by atoms with van der Waals surface area (Å²) in [6, 6.07) is 14.1. The topological polar surface area (TPSA) is 93.2 Å². The van der Waals surface area contributed by atoms with Gasteiger partial charge in [-0.05, 0) is 35.7 Å². The molecule has 27 heavy (non-hydrogen) atoms. The van der Waals surface area contributed by atoms with Crippen LogP contribution in [0.5, 0.6) is 5.75 Å². The molecule has 2 aromatic heterocycles.